The molecule has 0 fully saturated rings. The molecule has 6 heterocycles. The van der Waals surface area contributed by atoms with Crippen molar-refractivity contribution in [1.29, 1.82) is 0 Å². The first-order chi connectivity index (χ1) is 29.8. The van der Waals surface area contributed by atoms with Crippen molar-refractivity contribution in [2.24, 2.45) is 0 Å². The van der Waals surface area contributed by atoms with E-state index in [1.807, 2.05) is 23.5 Å². The number of rotatable bonds is 2. The highest BCUT2D eigenvalue weighted by Gasteiger charge is 2.45. The molecule has 0 saturated carbocycles. The van der Waals surface area contributed by atoms with Gasteiger partial charge in [0.05, 0.1) is 22.1 Å². The van der Waals surface area contributed by atoms with Gasteiger partial charge in [-0.25, -0.2) is 0 Å². The van der Waals surface area contributed by atoms with E-state index < -0.39 is 0 Å². The first-order valence-corrected chi connectivity index (χ1v) is 22.5. The van der Waals surface area contributed by atoms with Gasteiger partial charge in [0, 0.05) is 52.5 Å². The van der Waals surface area contributed by atoms with Crippen LogP contribution in [0.15, 0.2) is 202 Å². The van der Waals surface area contributed by atoms with Gasteiger partial charge >= 0.3 is 0 Å². The summed E-state index contributed by atoms with van der Waals surface area (Å²) in [7, 11) is 0. The molecular weight excluding hydrogens is 762 g/mol. The standard InChI is InChI=1S/C54H30B2N2S2/c1-3-15-31(16-4-1)35-27-47-51-53-49(35)33-19-7-11-23-41(33)57(53)43-25-13-9-21-37(43)55(51)39-29-40-46(30-45(39)59-47)60-48-28-36(32-17-5-2-6-18-32)50-34-20-8-12-24-42(34)58-44-26-14-10-22-38(44)56(40)52(48)54(50)58/h1-30H. The van der Waals surface area contributed by atoms with Crippen LogP contribution in [0.3, 0.4) is 0 Å². The number of hydrogen-bond acceptors (Lipinski definition) is 2. The second kappa shape index (κ2) is 11.6. The van der Waals surface area contributed by atoms with E-state index in [0.717, 1.165) is 0 Å². The van der Waals surface area contributed by atoms with Crippen molar-refractivity contribution in [3.63, 3.8) is 0 Å². The van der Waals surface area contributed by atoms with Gasteiger partial charge in [-0.2, -0.15) is 0 Å². The number of nitrogens with zero attached hydrogens (tertiary/aromatic N) is 2. The van der Waals surface area contributed by atoms with E-state index in [-0.39, 0.29) is 13.4 Å². The SMILES string of the molecule is c1ccc(-c2cc3c4c5c2c2ccccc2n5-c2ccccc2B4c2cc4c(cc2S3)Sc2cc(-c3ccccc3)c3c5ccccc5n5c3c2B4c2ccccc2-5)cc1. The molecule has 4 aliphatic heterocycles. The zero-order valence-corrected chi connectivity index (χ0v) is 33.8. The zero-order chi connectivity index (χ0) is 38.8. The van der Waals surface area contributed by atoms with E-state index in [2.05, 4.69) is 191 Å². The predicted molar refractivity (Wildman–Crippen MR) is 256 cm³/mol. The second-order valence-corrected chi connectivity index (χ2v) is 18.8. The minimum absolute atomic E-state index is 0.110. The summed E-state index contributed by atoms with van der Waals surface area (Å²) in [5, 5.41) is 5.33. The van der Waals surface area contributed by atoms with Crippen molar-refractivity contribution in [2.45, 2.75) is 19.6 Å². The van der Waals surface area contributed by atoms with Gasteiger partial charge in [0.1, 0.15) is 0 Å². The van der Waals surface area contributed by atoms with Gasteiger partial charge in [0.15, 0.2) is 0 Å². The minimum atomic E-state index is 0.110. The molecule has 0 aliphatic carbocycles. The topological polar surface area (TPSA) is 9.86 Å². The van der Waals surface area contributed by atoms with Crippen LogP contribution in [0.1, 0.15) is 0 Å². The molecule has 15 rings (SSSR count). The van der Waals surface area contributed by atoms with Crippen LogP contribution >= 0.6 is 23.5 Å². The van der Waals surface area contributed by atoms with Crippen molar-refractivity contribution < 1.29 is 0 Å². The number of aromatic nitrogens is 2. The monoisotopic (exact) mass is 792 g/mol. The van der Waals surface area contributed by atoms with Gasteiger partial charge in [-0.05, 0) is 86.6 Å². The van der Waals surface area contributed by atoms with Crippen molar-refractivity contribution in [1.82, 2.24) is 9.13 Å². The molecule has 0 unspecified atom stereocenters. The molecule has 9 aromatic carbocycles. The molecule has 11 aromatic rings. The van der Waals surface area contributed by atoms with Gasteiger partial charge in [-0.1, -0.05) is 174 Å². The third-order valence-electron chi connectivity index (χ3n) is 13.8. The highest BCUT2D eigenvalue weighted by atomic mass is 32.2. The molecule has 0 spiro atoms. The van der Waals surface area contributed by atoms with E-state index in [1.165, 1.54) is 130 Å². The Balaban J connectivity index is 1.04. The van der Waals surface area contributed by atoms with Crippen molar-refractivity contribution >= 4 is 113 Å². The lowest BCUT2D eigenvalue weighted by atomic mass is 9.32. The summed E-state index contributed by atoms with van der Waals surface area (Å²) < 4.78 is 5.16. The molecular formula is C54H30B2N2S2. The average molecular weight is 793 g/mol. The number of para-hydroxylation sites is 4. The molecule has 4 aliphatic rings. The molecule has 0 saturated heterocycles. The largest absolute Gasteiger partial charge is 0.310 e. The van der Waals surface area contributed by atoms with Crippen LogP contribution in [0, 0.1) is 0 Å². The molecule has 0 N–H and O–H groups in total. The molecule has 6 heteroatoms. The van der Waals surface area contributed by atoms with Crippen LogP contribution in [0.25, 0.3) is 77.2 Å². The van der Waals surface area contributed by atoms with Gasteiger partial charge in [0.25, 0.3) is 0 Å². The zero-order valence-electron chi connectivity index (χ0n) is 32.2. The Morgan fingerprint density at radius 3 is 1.25 bits per heavy atom. The van der Waals surface area contributed by atoms with E-state index in [4.69, 9.17) is 0 Å². The summed E-state index contributed by atoms with van der Waals surface area (Å²) >= 11 is 3.94. The van der Waals surface area contributed by atoms with Crippen LogP contribution in [0.5, 0.6) is 0 Å². The summed E-state index contributed by atoms with van der Waals surface area (Å²) in [5.41, 5.74) is 21.5. The Morgan fingerprint density at radius 1 is 0.350 bits per heavy atom. The minimum Gasteiger partial charge on any atom is -0.310 e. The Bertz CT molecular complexity index is 3490. The van der Waals surface area contributed by atoms with E-state index in [9.17, 15) is 0 Å². The summed E-state index contributed by atoms with van der Waals surface area (Å²) in [6.07, 6.45) is 0. The number of benzene rings is 9. The Hall–Kier alpha value is -6.59. The van der Waals surface area contributed by atoms with Crippen LogP contribution in [0.2, 0.25) is 0 Å². The second-order valence-electron chi connectivity index (χ2n) is 16.7. The molecule has 2 aromatic heterocycles. The number of hydrogen-bond donors (Lipinski definition) is 0. The highest BCUT2D eigenvalue weighted by Crippen LogP contribution is 2.48. The van der Waals surface area contributed by atoms with Crippen molar-refractivity contribution in [3.8, 4) is 33.6 Å². The number of fused-ring (bicyclic) bond motifs is 16. The Kier molecular flexibility index (Phi) is 6.23. The predicted octanol–water partition coefficient (Wildman–Crippen LogP) is 9.80. The first-order valence-electron chi connectivity index (χ1n) is 20.8. The quantitative estimate of drug-likeness (QED) is 0.162. The van der Waals surface area contributed by atoms with Crippen LogP contribution < -0.4 is 32.8 Å². The summed E-state index contributed by atoms with van der Waals surface area (Å²) in [6.45, 7) is 0.220. The maximum Gasteiger partial charge on any atom is 0.249 e. The van der Waals surface area contributed by atoms with Gasteiger partial charge in [0.2, 0.25) is 13.4 Å². The Labute approximate surface area is 355 Å². The fourth-order valence-electron chi connectivity index (χ4n) is 11.5. The third kappa shape index (κ3) is 3.97. The third-order valence-corrected chi connectivity index (χ3v) is 16.1. The maximum absolute atomic E-state index is 2.64. The fraction of sp³-hybridized carbons (Fsp3) is 0. The van der Waals surface area contributed by atoms with Crippen LogP contribution in [-0.2, 0) is 0 Å². The van der Waals surface area contributed by atoms with Crippen molar-refractivity contribution in [3.05, 3.63) is 182 Å². The first kappa shape index (κ1) is 32.3. The summed E-state index contributed by atoms with van der Waals surface area (Å²) in [4.78, 5) is 5.45. The lowest BCUT2D eigenvalue weighted by Crippen LogP contribution is -2.62. The van der Waals surface area contributed by atoms with Gasteiger partial charge < -0.3 is 9.13 Å². The summed E-state index contributed by atoms with van der Waals surface area (Å²) in [6, 6.07) is 68.8. The fourth-order valence-corrected chi connectivity index (χ4v) is 14.0. The maximum atomic E-state index is 2.64. The molecule has 2 nitrogen and oxygen atoms in total. The Morgan fingerprint density at radius 2 is 0.767 bits per heavy atom. The average Bonchev–Trinajstić information content (AvgIpc) is 3.85. The molecule has 0 radical (unpaired) electrons. The molecule has 0 amide bonds. The van der Waals surface area contributed by atoms with Crippen LogP contribution in [-0.4, -0.2) is 22.6 Å². The molecule has 60 heavy (non-hydrogen) atoms. The van der Waals surface area contributed by atoms with E-state index >= 15 is 0 Å². The lowest BCUT2D eigenvalue weighted by Gasteiger charge is -2.37. The summed E-state index contributed by atoms with van der Waals surface area (Å²) in [5.74, 6) is 0. The van der Waals surface area contributed by atoms with Gasteiger partial charge in [-0.3, -0.25) is 0 Å². The highest BCUT2D eigenvalue weighted by molar-refractivity contribution is 8.01. The van der Waals surface area contributed by atoms with E-state index in [1.54, 1.807) is 0 Å². The van der Waals surface area contributed by atoms with Crippen LogP contribution in [0.4, 0.5) is 0 Å². The van der Waals surface area contributed by atoms with Gasteiger partial charge in [-0.15, -0.1) is 0 Å². The molecule has 274 valence electrons. The smallest absolute Gasteiger partial charge is 0.249 e. The lowest BCUT2D eigenvalue weighted by molar-refractivity contribution is 1.18. The van der Waals surface area contributed by atoms with Crippen molar-refractivity contribution in [2.75, 3.05) is 0 Å². The van der Waals surface area contributed by atoms with E-state index in [0.29, 0.717) is 0 Å². The normalized spacial score (nSPS) is 13.8. The molecule has 0 atom stereocenters. The molecule has 0 bridgehead atoms.